The summed E-state index contributed by atoms with van der Waals surface area (Å²) < 4.78 is 10.9. The second-order valence-corrected chi connectivity index (χ2v) is 6.45. The van der Waals surface area contributed by atoms with E-state index in [4.69, 9.17) is 9.47 Å². The van der Waals surface area contributed by atoms with E-state index >= 15 is 0 Å². The van der Waals surface area contributed by atoms with Crippen molar-refractivity contribution in [1.82, 2.24) is 4.90 Å². The second kappa shape index (κ2) is 6.80. The quantitative estimate of drug-likeness (QED) is 0.902. The molecule has 1 N–H and O–H groups in total. The number of carbonyl (C=O) groups excluding carboxylic acids is 2. The number of hydrogen-bond donors (Lipinski definition) is 1. The van der Waals surface area contributed by atoms with Gasteiger partial charge in [-0.25, -0.2) is 0 Å². The van der Waals surface area contributed by atoms with Gasteiger partial charge >= 0.3 is 0 Å². The largest absolute Gasteiger partial charge is 0.479 e. The second-order valence-electron chi connectivity index (χ2n) is 6.45. The van der Waals surface area contributed by atoms with Gasteiger partial charge in [0, 0.05) is 18.7 Å². The summed E-state index contributed by atoms with van der Waals surface area (Å²) in [6, 6.07) is 13.2. The van der Waals surface area contributed by atoms with E-state index in [0.29, 0.717) is 43.3 Å². The lowest BCUT2D eigenvalue weighted by Gasteiger charge is -2.27. The minimum absolute atomic E-state index is 0.0126. The van der Waals surface area contributed by atoms with Gasteiger partial charge in [0.05, 0.1) is 18.9 Å². The molecule has 2 aromatic rings. The van der Waals surface area contributed by atoms with E-state index in [-0.39, 0.29) is 11.8 Å². The maximum Gasteiger partial charge on any atom is 0.265 e. The molecular weight excluding hydrogens is 332 g/mol. The Kier molecular flexibility index (Phi) is 4.34. The number of nitrogens with zero attached hydrogens (tertiary/aromatic N) is 1. The van der Waals surface area contributed by atoms with Gasteiger partial charge in [0.25, 0.3) is 11.8 Å². The number of ether oxygens (including phenoxy) is 2. The average molecular weight is 352 g/mol. The highest BCUT2D eigenvalue weighted by Crippen LogP contribution is 2.34. The summed E-state index contributed by atoms with van der Waals surface area (Å²) in [5, 5.41) is 2.86. The first kappa shape index (κ1) is 16.6. The Morgan fingerprint density at radius 3 is 2.69 bits per heavy atom. The number of benzene rings is 2. The predicted molar refractivity (Wildman–Crippen MR) is 97.3 cm³/mol. The molecule has 6 heteroatoms. The van der Waals surface area contributed by atoms with Gasteiger partial charge in [0.2, 0.25) is 0 Å². The molecule has 0 radical (unpaired) electrons. The summed E-state index contributed by atoms with van der Waals surface area (Å²) in [5.74, 6) is 0.505. The Balaban J connectivity index is 1.61. The van der Waals surface area contributed by atoms with E-state index in [1.54, 1.807) is 6.92 Å². The summed E-state index contributed by atoms with van der Waals surface area (Å²) in [6.45, 7) is 4.10. The molecule has 2 amide bonds. The molecule has 1 unspecified atom stereocenters. The third-order valence-corrected chi connectivity index (χ3v) is 4.65. The van der Waals surface area contributed by atoms with E-state index in [0.717, 1.165) is 11.1 Å². The van der Waals surface area contributed by atoms with E-state index in [9.17, 15) is 9.59 Å². The SMILES string of the molecule is CC1Oc2ccc(-c3cccc(C(=O)N4CCOCC4)c3)cc2NC1=O. The Labute approximate surface area is 151 Å². The lowest BCUT2D eigenvalue weighted by atomic mass is 10.0. The van der Waals surface area contributed by atoms with Crippen molar-refractivity contribution in [3.8, 4) is 16.9 Å². The molecule has 6 nitrogen and oxygen atoms in total. The van der Waals surface area contributed by atoms with Crippen LogP contribution in [-0.2, 0) is 9.53 Å². The monoisotopic (exact) mass is 352 g/mol. The summed E-state index contributed by atoms with van der Waals surface area (Å²) in [7, 11) is 0. The Morgan fingerprint density at radius 2 is 1.88 bits per heavy atom. The molecule has 0 spiro atoms. The minimum atomic E-state index is -0.497. The molecule has 134 valence electrons. The smallest absolute Gasteiger partial charge is 0.265 e. The number of fused-ring (bicyclic) bond motifs is 1. The summed E-state index contributed by atoms with van der Waals surface area (Å²) >= 11 is 0. The van der Waals surface area contributed by atoms with Crippen LogP contribution in [0.15, 0.2) is 42.5 Å². The highest BCUT2D eigenvalue weighted by molar-refractivity contribution is 5.99. The number of hydrogen-bond acceptors (Lipinski definition) is 4. The van der Waals surface area contributed by atoms with Gasteiger partial charge in [0.1, 0.15) is 5.75 Å². The van der Waals surface area contributed by atoms with Crippen LogP contribution >= 0.6 is 0 Å². The van der Waals surface area contributed by atoms with Crippen molar-refractivity contribution in [2.45, 2.75) is 13.0 Å². The van der Waals surface area contributed by atoms with Crippen molar-refractivity contribution in [3.63, 3.8) is 0 Å². The Bertz CT molecular complexity index is 859. The topological polar surface area (TPSA) is 67.9 Å². The molecule has 0 bridgehead atoms. The number of nitrogens with one attached hydrogen (secondary N) is 1. The molecule has 2 aromatic carbocycles. The van der Waals surface area contributed by atoms with Crippen molar-refractivity contribution >= 4 is 17.5 Å². The van der Waals surface area contributed by atoms with Gasteiger partial charge < -0.3 is 19.7 Å². The Hall–Kier alpha value is -2.86. The number of amides is 2. The van der Waals surface area contributed by atoms with E-state index in [2.05, 4.69) is 5.32 Å². The first-order chi connectivity index (χ1) is 12.6. The maximum absolute atomic E-state index is 12.7. The fourth-order valence-electron chi connectivity index (χ4n) is 3.17. The van der Waals surface area contributed by atoms with Crippen molar-refractivity contribution in [3.05, 3.63) is 48.0 Å². The zero-order valence-corrected chi connectivity index (χ0v) is 14.5. The highest BCUT2D eigenvalue weighted by atomic mass is 16.5. The van der Waals surface area contributed by atoms with Crippen LogP contribution in [0.2, 0.25) is 0 Å². The predicted octanol–water partition coefficient (Wildman–Crippen LogP) is 2.55. The van der Waals surface area contributed by atoms with E-state index in [1.807, 2.05) is 47.4 Å². The molecule has 2 heterocycles. The lowest BCUT2D eigenvalue weighted by Crippen LogP contribution is -2.40. The van der Waals surface area contributed by atoms with Gasteiger partial charge in [-0.15, -0.1) is 0 Å². The fraction of sp³-hybridized carbons (Fsp3) is 0.300. The first-order valence-electron chi connectivity index (χ1n) is 8.71. The van der Waals surface area contributed by atoms with Crippen molar-refractivity contribution < 1.29 is 19.1 Å². The van der Waals surface area contributed by atoms with Crippen molar-refractivity contribution in [2.75, 3.05) is 31.6 Å². The van der Waals surface area contributed by atoms with E-state index < -0.39 is 6.10 Å². The molecule has 4 rings (SSSR count). The van der Waals surface area contributed by atoms with Crippen LogP contribution in [-0.4, -0.2) is 49.1 Å². The molecule has 1 saturated heterocycles. The first-order valence-corrected chi connectivity index (χ1v) is 8.71. The van der Waals surface area contributed by atoms with Gasteiger partial charge in [-0.05, 0) is 42.3 Å². The molecule has 1 atom stereocenters. The highest BCUT2D eigenvalue weighted by Gasteiger charge is 2.24. The molecule has 0 saturated carbocycles. The van der Waals surface area contributed by atoms with Gasteiger partial charge in [-0.2, -0.15) is 0 Å². The fourth-order valence-corrected chi connectivity index (χ4v) is 3.17. The van der Waals surface area contributed by atoms with Crippen molar-refractivity contribution in [2.24, 2.45) is 0 Å². The number of rotatable bonds is 2. The molecule has 0 aliphatic carbocycles. The summed E-state index contributed by atoms with van der Waals surface area (Å²) in [5.41, 5.74) is 3.13. The zero-order valence-electron chi connectivity index (χ0n) is 14.5. The summed E-state index contributed by atoms with van der Waals surface area (Å²) in [6.07, 6.45) is -0.497. The lowest BCUT2D eigenvalue weighted by molar-refractivity contribution is -0.122. The third-order valence-electron chi connectivity index (χ3n) is 4.65. The van der Waals surface area contributed by atoms with Crippen LogP contribution in [0, 0.1) is 0 Å². The molecule has 26 heavy (non-hydrogen) atoms. The zero-order chi connectivity index (χ0) is 18.1. The number of anilines is 1. The van der Waals surface area contributed by atoms with Crippen molar-refractivity contribution in [1.29, 1.82) is 0 Å². The van der Waals surface area contributed by atoms with Crippen LogP contribution in [0.1, 0.15) is 17.3 Å². The minimum Gasteiger partial charge on any atom is -0.479 e. The molecular formula is C20H20N2O4. The average Bonchev–Trinajstić information content (AvgIpc) is 2.69. The van der Waals surface area contributed by atoms with E-state index in [1.165, 1.54) is 0 Å². The molecule has 1 fully saturated rings. The van der Waals surface area contributed by atoms with Gasteiger partial charge in [0.15, 0.2) is 6.10 Å². The van der Waals surface area contributed by atoms with Crippen LogP contribution in [0.3, 0.4) is 0 Å². The van der Waals surface area contributed by atoms with Crippen LogP contribution in [0.4, 0.5) is 5.69 Å². The van der Waals surface area contributed by atoms with Crippen LogP contribution < -0.4 is 10.1 Å². The Morgan fingerprint density at radius 1 is 1.12 bits per heavy atom. The number of carbonyl (C=O) groups is 2. The maximum atomic E-state index is 12.7. The number of morpholine rings is 1. The van der Waals surface area contributed by atoms with Gasteiger partial charge in [-0.1, -0.05) is 18.2 Å². The van der Waals surface area contributed by atoms with Crippen LogP contribution in [0.5, 0.6) is 5.75 Å². The van der Waals surface area contributed by atoms with Gasteiger partial charge in [-0.3, -0.25) is 9.59 Å². The van der Waals surface area contributed by atoms with Crippen LogP contribution in [0.25, 0.3) is 11.1 Å². The third kappa shape index (κ3) is 3.15. The molecule has 2 aliphatic rings. The normalized spacial score (nSPS) is 19.3. The molecule has 0 aromatic heterocycles. The summed E-state index contributed by atoms with van der Waals surface area (Å²) in [4.78, 5) is 26.3. The standard InChI is InChI=1S/C20H20N2O4/c1-13-19(23)21-17-12-15(5-6-18(17)26-13)14-3-2-4-16(11-14)20(24)22-7-9-25-10-8-22/h2-6,11-13H,7-10H2,1H3,(H,21,23). The molecule has 2 aliphatic heterocycles.